The van der Waals surface area contributed by atoms with Gasteiger partial charge >= 0.3 is 5.97 Å². The summed E-state index contributed by atoms with van der Waals surface area (Å²) < 4.78 is 0. The van der Waals surface area contributed by atoms with E-state index in [1.807, 2.05) is 6.07 Å². The van der Waals surface area contributed by atoms with Crippen molar-refractivity contribution in [2.75, 3.05) is 6.54 Å². The Labute approximate surface area is 123 Å². The standard InChI is InChI=1S/C16H18N2O3/c1-2-3-4-9-18-15(19)14(11-17)10-12-5-7-13(8-6-12)16(20)21/h5-8,10H,2-4,9H2,1H3,(H,18,19)(H,20,21)/b14-10+. The van der Waals surface area contributed by atoms with Gasteiger partial charge in [-0.05, 0) is 30.2 Å². The maximum Gasteiger partial charge on any atom is 0.335 e. The molecule has 5 heteroatoms. The molecule has 0 bridgehead atoms. The number of nitrogens with zero attached hydrogens (tertiary/aromatic N) is 1. The molecule has 110 valence electrons. The monoisotopic (exact) mass is 286 g/mol. The van der Waals surface area contributed by atoms with Crippen molar-refractivity contribution in [1.29, 1.82) is 5.26 Å². The first-order valence-corrected chi connectivity index (χ1v) is 6.81. The lowest BCUT2D eigenvalue weighted by Crippen LogP contribution is -2.25. The van der Waals surface area contributed by atoms with Crippen molar-refractivity contribution >= 4 is 18.0 Å². The molecular weight excluding hydrogens is 268 g/mol. The van der Waals surface area contributed by atoms with E-state index in [1.54, 1.807) is 12.1 Å². The van der Waals surface area contributed by atoms with Crippen LogP contribution in [0.25, 0.3) is 6.08 Å². The number of carbonyl (C=O) groups excluding carboxylic acids is 1. The van der Waals surface area contributed by atoms with Crippen molar-refractivity contribution < 1.29 is 14.7 Å². The second-order valence-corrected chi connectivity index (χ2v) is 4.56. The lowest BCUT2D eigenvalue weighted by atomic mass is 10.1. The zero-order valence-corrected chi connectivity index (χ0v) is 11.9. The molecule has 5 nitrogen and oxygen atoms in total. The van der Waals surface area contributed by atoms with Crippen LogP contribution in [0.3, 0.4) is 0 Å². The fourth-order valence-electron chi connectivity index (χ4n) is 1.71. The van der Waals surface area contributed by atoms with Gasteiger partial charge in [-0.15, -0.1) is 0 Å². The van der Waals surface area contributed by atoms with Crippen molar-refractivity contribution in [1.82, 2.24) is 5.32 Å². The Bertz CT molecular complexity index is 568. The minimum Gasteiger partial charge on any atom is -0.478 e. The first-order chi connectivity index (χ1) is 10.1. The van der Waals surface area contributed by atoms with E-state index in [-0.39, 0.29) is 11.1 Å². The minimum absolute atomic E-state index is 0.00886. The van der Waals surface area contributed by atoms with Crippen molar-refractivity contribution in [2.45, 2.75) is 26.2 Å². The summed E-state index contributed by atoms with van der Waals surface area (Å²) in [5.74, 6) is -1.42. The highest BCUT2D eigenvalue weighted by Crippen LogP contribution is 2.09. The zero-order chi connectivity index (χ0) is 15.7. The Hall–Kier alpha value is -2.61. The van der Waals surface area contributed by atoms with E-state index in [1.165, 1.54) is 18.2 Å². The van der Waals surface area contributed by atoms with Gasteiger partial charge in [-0.3, -0.25) is 4.79 Å². The summed E-state index contributed by atoms with van der Waals surface area (Å²) in [4.78, 5) is 22.6. The number of amides is 1. The Kier molecular flexibility index (Phi) is 6.69. The van der Waals surface area contributed by atoms with E-state index >= 15 is 0 Å². The van der Waals surface area contributed by atoms with Crippen molar-refractivity contribution in [2.24, 2.45) is 0 Å². The quantitative estimate of drug-likeness (QED) is 0.458. The number of hydrogen-bond acceptors (Lipinski definition) is 3. The molecule has 0 atom stereocenters. The van der Waals surface area contributed by atoms with Gasteiger partial charge in [0.05, 0.1) is 5.56 Å². The number of carboxylic acids is 1. The Morgan fingerprint density at radius 2 is 1.95 bits per heavy atom. The molecule has 0 unspecified atom stereocenters. The third-order valence-corrected chi connectivity index (χ3v) is 2.90. The smallest absolute Gasteiger partial charge is 0.335 e. The molecule has 0 saturated heterocycles. The fourth-order valence-corrected chi connectivity index (χ4v) is 1.71. The molecule has 0 aromatic heterocycles. The Morgan fingerprint density at radius 1 is 1.29 bits per heavy atom. The predicted molar refractivity (Wildman–Crippen MR) is 79.5 cm³/mol. The van der Waals surface area contributed by atoms with Crippen LogP contribution in [0.15, 0.2) is 29.8 Å². The number of unbranched alkanes of at least 4 members (excludes halogenated alkanes) is 2. The molecular formula is C16H18N2O3. The molecule has 1 aromatic carbocycles. The van der Waals surface area contributed by atoms with Gasteiger partial charge in [-0.1, -0.05) is 31.9 Å². The van der Waals surface area contributed by atoms with E-state index < -0.39 is 11.9 Å². The summed E-state index contributed by atoms with van der Waals surface area (Å²) in [5.41, 5.74) is 0.782. The summed E-state index contributed by atoms with van der Waals surface area (Å²) in [6.07, 6.45) is 4.42. The van der Waals surface area contributed by atoms with E-state index in [0.717, 1.165) is 19.3 Å². The second kappa shape index (κ2) is 8.54. The Morgan fingerprint density at radius 3 is 2.48 bits per heavy atom. The molecule has 0 fully saturated rings. The summed E-state index contributed by atoms with van der Waals surface area (Å²) in [6, 6.07) is 7.85. The van der Waals surface area contributed by atoms with Gasteiger partial charge < -0.3 is 10.4 Å². The van der Waals surface area contributed by atoms with Crippen LogP contribution in [0.5, 0.6) is 0 Å². The number of carbonyl (C=O) groups is 2. The molecule has 0 saturated carbocycles. The SMILES string of the molecule is CCCCCNC(=O)/C(C#N)=C/c1ccc(C(=O)O)cc1. The highest BCUT2D eigenvalue weighted by Gasteiger charge is 2.08. The van der Waals surface area contributed by atoms with Crippen molar-refractivity contribution in [3.8, 4) is 6.07 Å². The van der Waals surface area contributed by atoms with Crippen LogP contribution in [0.2, 0.25) is 0 Å². The van der Waals surface area contributed by atoms with Gasteiger partial charge in [0, 0.05) is 6.54 Å². The number of carboxylic acid groups (broad SMARTS) is 1. The van der Waals surface area contributed by atoms with Crippen LogP contribution in [0, 0.1) is 11.3 Å². The molecule has 0 spiro atoms. The summed E-state index contributed by atoms with van der Waals surface area (Å²) >= 11 is 0. The fraction of sp³-hybridized carbons (Fsp3) is 0.312. The number of nitriles is 1. The van der Waals surface area contributed by atoms with E-state index in [4.69, 9.17) is 10.4 Å². The third-order valence-electron chi connectivity index (χ3n) is 2.90. The molecule has 0 aliphatic heterocycles. The predicted octanol–water partition coefficient (Wildman–Crippen LogP) is 2.60. The summed E-state index contributed by atoms with van der Waals surface area (Å²) in [7, 11) is 0. The molecule has 21 heavy (non-hydrogen) atoms. The molecule has 1 amide bonds. The maximum atomic E-state index is 11.8. The summed E-state index contributed by atoms with van der Waals surface area (Å²) in [5, 5.41) is 20.5. The van der Waals surface area contributed by atoms with Crippen LogP contribution in [-0.2, 0) is 4.79 Å². The topological polar surface area (TPSA) is 90.2 Å². The van der Waals surface area contributed by atoms with Crippen LogP contribution in [-0.4, -0.2) is 23.5 Å². The number of hydrogen-bond donors (Lipinski definition) is 2. The first kappa shape index (κ1) is 16.4. The Balaban J connectivity index is 2.72. The number of benzene rings is 1. The van der Waals surface area contributed by atoms with Crippen molar-refractivity contribution in [3.05, 3.63) is 41.0 Å². The maximum absolute atomic E-state index is 11.8. The van der Waals surface area contributed by atoms with Gasteiger partial charge in [0.2, 0.25) is 0 Å². The second-order valence-electron chi connectivity index (χ2n) is 4.56. The lowest BCUT2D eigenvalue weighted by Gasteiger charge is -2.03. The molecule has 1 rings (SSSR count). The molecule has 0 aliphatic carbocycles. The number of rotatable bonds is 7. The van der Waals surface area contributed by atoms with Crippen LogP contribution >= 0.6 is 0 Å². The average molecular weight is 286 g/mol. The normalized spacial score (nSPS) is 10.8. The van der Waals surface area contributed by atoms with Gasteiger partial charge in [0.1, 0.15) is 11.6 Å². The minimum atomic E-state index is -1.01. The number of nitrogens with one attached hydrogen (secondary N) is 1. The van der Waals surface area contributed by atoms with Gasteiger partial charge in [-0.25, -0.2) is 4.79 Å². The largest absolute Gasteiger partial charge is 0.478 e. The molecule has 0 heterocycles. The van der Waals surface area contributed by atoms with E-state index in [0.29, 0.717) is 12.1 Å². The van der Waals surface area contributed by atoms with Crippen LogP contribution in [0.4, 0.5) is 0 Å². The zero-order valence-electron chi connectivity index (χ0n) is 11.9. The van der Waals surface area contributed by atoms with Gasteiger partial charge in [0.15, 0.2) is 0 Å². The average Bonchev–Trinajstić information content (AvgIpc) is 2.49. The lowest BCUT2D eigenvalue weighted by molar-refractivity contribution is -0.117. The highest BCUT2D eigenvalue weighted by atomic mass is 16.4. The van der Waals surface area contributed by atoms with Crippen molar-refractivity contribution in [3.63, 3.8) is 0 Å². The third kappa shape index (κ3) is 5.49. The number of aromatic carboxylic acids is 1. The highest BCUT2D eigenvalue weighted by molar-refractivity contribution is 6.01. The van der Waals surface area contributed by atoms with Crippen LogP contribution < -0.4 is 5.32 Å². The first-order valence-electron chi connectivity index (χ1n) is 6.81. The molecule has 0 radical (unpaired) electrons. The molecule has 1 aromatic rings. The van der Waals surface area contributed by atoms with Gasteiger partial charge in [-0.2, -0.15) is 5.26 Å². The molecule has 0 aliphatic rings. The van der Waals surface area contributed by atoms with E-state index in [2.05, 4.69) is 12.2 Å². The van der Waals surface area contributed by atoms with Gasteiger partial charge in [0.25, 0.3) is 5.91 Å². The van der Waals surface area contributed by atoms with E-state index in [9.17, 15) is 9.59 Å². The molecule has 2 N–H and O–H groups in total. The summed E-state index contributed by atoms with van der Waals surface area (Å²) in [6.45, 7) is 2.62. The van der Waals surface area contributed by atoms with Crippen LogP contribution in [0.1, 0.15) is 42.1 Å².